The van der Waals surface area contributed by atoms with E-state index in [0.29, 0.717) is 5.71 Å². The molecule has 2 rings (SSSR count). The first-order valence-corrected chi connectivity index (χ1v) is 9.66. The Kier molecular flexibility index (Phi) is 9.94. The first kappa shape index (κ1) is 22.7. The summed E-state index contributed by atoms with van der Waals surface area (Å²) >= 11 is 6.69. The molecule has 0 radical (unpaired) electrons. The zero-order chi connectivity index (χ0) is 19.7. The Balaban J connectivity index is 0.000000260. The molecule has 140 valence electrons. The summed E-state index contributed by atoms with van der Waals surface area (Å²) in [6, 6.07) is 15.3. The van der Waals surface area contributed by atoms with Gasteiger partial charge in [-0.2, -0.15) is 0 Å². The lowest BCUT2D eigenvalue weighted by Crippen LogP contribution is -2.17. The first-order valence-electron chi connectivity index (χ1n) is 8.07. The SMILES string of the molecule is CN=C(C)C(O)c1ccc(Br)cc1.CN=C(c1ccc(Br)cc1)C(C)O. The molecular weight excluding hydrogens is 460 g/mol. The molecule has 0 aromatic heterocycles. The molecule has 6 heteroatoms. The number of aliphatic hydroxyl groups excluding tert-OH is 2. The van der Waals surface area contributed by atoms with Gasteiger partial charge in [-0.05, 0) is 49.2 Å². The van der Waals surface area contributed by atoms with Crippen molar-refractivity contribution < 1.29 is 10.2 Å². The minimum absolute atomic E-state index is 0.522. The number of benzene rings is 2. The van der Waals surface area contributed by atoms with Gasteiger partial charge in [-0.25, -0.2) is 0 Å². The predicted octanol–water partition coefficient (Wildman–Crippen LogP) is 4.82. The number of aliphatic hydroxyl groups is 2. The van der Waals surface area contributed by atoms with E-state index in [0.717, 1.165) is 25.8 Å². The van der Waals surface area contributed by atoms with Crippen molar-refractivity contribution in [3.05, 3.63) is 68.6 Å². The number of aliphatic imine (C=N–C) groups is 2. The van der Waals surface area contributed by atoms with Crippen molar-refractivity contribution >= 4 is 43.3 Å². The molecule has 26 heavy (non-hydrogen) atoms. The lowest BCUT2D eigenvalue weighted by molar-refractivity contribution is 0.246. The van der Waals surface area contributed by atoms with Gasteiger partial charge >= 0.3 is 0 Å². The molecule has 2 unspecified atom stereocenters. The van der Waals surface area contributed by atoms with Gasteiger partial charge in [0.15, 0.2) is 0 Å². The summed E-state index contributed by atoms with van der Waals surface area (Å²) in [5.74, 6) is 0. The third-order valence-corrected chi connectivity index (χ3v) is 4.77. The fraction of sp³-hybridized carbons (Fsp3) is 0.300. The van der Waals surface area contributed by atoms with Crippen LogP contribution in [-0.4, -0.2) is 41.8 Å². The molecular formula is C20H24Br2N2O2. The van der Waals surface area contributed by atoms with E-state index in [1.165, 1.54) is 0 Å². The lowest BCUT2D eigenvalue weighted by Gasteiger charge is -2.09. The molecule has 0 bridgehead atoms. The summed E-state index contributed by atoms with van der Waals surface area (Å²) in [5, 5.41) is 19.1. The van der Waals surface area contributed by atoms with Gasteiger partial charge in [0, 0.05) is 28.8 Å². The summed E-state index contributed by atoms with van der Waals surface area (Å²) < 4.78 is 2.03. The maximum Gasteiger partial charge on any atom is 0.116 e. The molecule has 0 fully saturated rings. The third kappa shape index (κ3) is 7.11. The van der Waals surface area contributed by atoms with Crippen LogP contribution in [0.1, 0.15) is 31.1 Å². The smallest absolute Gasteiger partial charge is 0.116 e. The number of halogens is 2. The quantitative estimate of drug-likeness (QED) is 0.612. The normalized spacial score (nSPS) is 14.3. The van der Waals surface area contributed by atoms with E-state index >= 15 is 0 Å². The van der Waals surface area contributed by atoms with Crippen molar-refractivity contribution in [1.29, 1.82) is 0 Å². The molecule has 0 aliphatic carbocycles. The van der Waals surface area contributed by atoms with Gasteiger partial charge in [-0.15, -0.1) is 0 Å². The molecule has 0 aliphatic rings. The highest BCUT2D eigenvalue weighted by Gasteiger charge is 2.09. The van der Waals surface area contributed by atoms with E-state index in [-0.39, 0.29) is 0 Å². The summed E-state index contributed by atoms with van der Waals surface area (Å²) in [7, 11) is 3.36. The summed E-state index contributed by atoms with van der Waals surface area (Å²) in [5.41, 5.74) is 3.27. The predicted molar refractivity (Wildman–Crippen MR) is 116 cm³/mol. The molecule has 0 amide bonds. The minimum Gasteiger partial charge on any atom is -0.387 e. The fourth-order valence-corrected chi connectivity index (χ4v) is 2.72. The molecule has 2 aromatic carbocycles. The second-order valence-electron chi connectivity index (χ2n) is 5.61. The first-order chi connectivity index (χ1) is 12.3. The average Bonchev–Trinajstić information content (AvgIpc) is 2.63. The second kappa shape index (κ2) is 11.4. The zero-order valence-corrected chi connectivity index (χ0v) is 18.5. The van der Waals surface area contributed by atoms with Crippen molar-refractivity contribution in [2.24, 2.45) is 9.98 Å². The van der Waals surface area contributed by atoms with E-state index in [1.807, 2.05) is 55.5 Å². The summed E-state index contributed by atoms with van der Waals surface area (Å²) in [4.78, 5) is 7.98. The molecule has 0 aliphatic heterocycles. The van der Waals surface area contributed by atoms with Gasteiger partial charge in [-0.1, -0.05) is 56.1 Å². The molecule has 0 heterocycles. The number of hydrogen-bond acceptors (Lipinski definition) is 4. The van der Waals surface area contributed by atoms with Crippen LogP contribution in [-0.2, 0) is 0 Å². The summed E-state index contributed by atoms with van der Waals surface area (Å²) in [6.45, 7) is 3.52. The fourth-order valence-electron chi connectivity index (χ4n) is 2.19. The Morgan fingerprint density at radius 1 is 0.846 bits per heavy atom. The van der Waals surface area contributed by atoms with Crippen LogP contribution in [0.2, 0.25) is 0 Å². The molecule has 2 N–H and O–H groups in total. The Bertz CT molecular complexity index is 739. The van der Waals surface area contributed by atoms with Gasteiger partial charge in [0.05, 0.1) is 11.8 Å². The number of rotatable bonds is 4. The van der Waals surface area contributed by atoms with E-state index in [1.54, 1.807) is 21.0 Å². The van der Waals surface area contributed by atoms with Gasteiger partial charge in [0.2, 0.25) is 0 Å². The molecule has 0 saturated carbocycles. The highest BCUT2D eigenvalue weighted by atomic mass is 79.9. The number of hydrogen-bond donors (Lipinski definition) is 2. The van der Waals surface area contributed by atoms with Gasteiger partial charge in [0.25, 0.3) is 0 Å². The maximum absolute atomic E-state index is 9.73. The monoisotopic (exact) mass is 482 g/mol. The highest BCUT2D eigenvalue weighted by molar-refractivity contribution is 9.10. The van der Waals surface area contributed by atoms with Crippen LogP contribution >= 0.6 is 31.9 Å². The van der Waals surface area contributed by atoms with E-state index in [2.05, 4.69) is 41.8 Å². The van der Waals surface area contributed by atoms with Crippen molar-refractivity contribution in [3.8, 4) is 0 Å². The lowest BCUT2D eigenvalue weighted by atomic mass is 10.1. The molecule has 0 spiro atoms. The van der Waals surface area contributed by atoms with Crippen molar-refractivity contribution in [1.82, 2.24) is 0 Å². The van der Waals surface area contributed by atoms with Gasteiger partial charge < -0.3 is 10.2 Å². The number of nitrogens with zero attached hydrogens (tertiary/aromatic N) is 2. The van der Waals surface area contributed by atoms with Crippen LogP contribution in [0.15, 0.2) is 67.5 Å². The summed E-state index contributed by atoms with van der Waals surface area (Å²) in [6.07, 6.45) is -1.11. The van der Waals surface area contributed by atoms with Crippen LogP contribution in [0.3, 0.4) is 0 Å². The molecule has 2 atom stereocenters. The largest absolute Gasteiger partial charge is 0.387 e. The van der Waals surface area contributed by atoms with Crippen LogP contribution < -0.4 is 0 Å². The van der Waals surface area contributed by atoms with Crippen molar-refractivity contribution in [3.63, 3.8) is 0 Å². The van der Waals surface area contributed by atoms with E-state index < -0.39 is 12.2 Å². The van der Waals surface area contributed by atoms with Crippen LogP contribution in [0.5, 0.6) is 0 Å². The topological polar surface area (TPSA) is 65.2 Å². The minimum atomic E-state index is -0.585. The van der Waals surface area contributed by atoms with Crippen molar-refractivity contribution in [2.75, 3.05) is 14.1 Å². The Hall–Kier alpha value is -1.34. The molecule has 0 saturated heterocycles. The zero-order valence-electron chi connectivity index (χ0n) is 15.3. The Morgan fingerprint density at radius 3 is 1.69 bits per heavy atom. The van der Waals surface area contributed by atoms with Crippen LogP contribution in [0, 0.1) is 0 Å². The maximum atomic E-state index is 9.73. The second-order valence-corrected chi connectivity index (χ2v) is 7.44. The van der Waals surface area contributed by atoms with Gasteiger partial charge in [-0.3, -0.25) is 9.98 Å². The van der Waals surface area contributed by atoms with Crippen molar-refractivity contribution in [2.45, 2.75) is 26.1 Å². The van der Waals surface area contributed by atoms with E-state index in [4.69, 9.17) is 0 Å². The highest BCUT2D eigenvalue weighted by Crippen LogP contribution is 2.17. The Morgan fingerprint density at radius 2 is 1.31 bits per heavy atom. The van der Waals surface area contributed by atoms with Gasteiger partial charge in [0.1, 0.15) is 6.10 Å². The van der Waals surface area contributed by atoms with E-state index in [9.17, 15) is 10.2 Å². The third-order valence-electron chi connectivity index (χ3n) is 3.71. The molecule has 4 nitrogen and oxygen atoms in total. The standard InChI is InChI=1S/2C10H12BrNO/c1-7(13)10(12-2)8-3-5-9(11)6-4-8;1-7(12-2)10(13)8-3-5-9(11)6-4-8/h3-7,13H,1-2H3;3-6,10,13H,1-2H3. The average molecular weight is 484 g/mol. The van der Waals surface area contributed by atoms with Crippen LogP contribution in [0.4, 0.5) is 0 Å². The molecule has 2 aromatic rings. The van der Waals surface area contributed by atoms with Crippen LogP contribution in [0.25, 0.3) is 0 Å². The Labute approximate surface area is 172 Å².